The molecule has 1 N–H and O–H groups in total. The molecular formula is C10H14N2S. The van der Waals surface area contributed by atoms with Crippen LogP contribution < -0.4 is 5.32 Å². The first-order valence-electron chi connectivity index (χ1n) is 4.39. The van der Waals surface area contributed by atoms with Gasteiger partial charge in [0.05, 0.1) is 6.07 Å². The summed E-state index contributed by atoms with van der Waals surface area (Å²) in [7, 11) is 0. The SMILES string of the molecule is CCC(C)(C#N)NCc1cccs1. The maximum absolute atomic E-state index is 8.90. The molecule has 13 heavy (non-hydrogen) atoms. The van der Waals surface area contributed by atoms with Gasteiger partial charge in [0, 0.05) is 11.4 Å². The summed E-state index contributed by atoms with van der Waals surface area (Å²) in [6.45, 7) is 4.74. The number of rotatable bonds is 4. The lowest BCUT2D eigenvalue weighted by Crippen LogP contribution is -2.39. The van der Waals surface area contributed by atoms with E-state index in [1.165, 1.54) is 4.88 Å². The molecule has 0 amide bonds. The first kappa shape index (κ1) is 10.2. The van der Waals surface area contributed by atoms with E-state index in [0.29, 0.717) is 0 Å². The third kappa shape index (κ3) is 2.83. The van der Waals surface area contributed by atoms with Crippen molar-refractivity contribution in [2.75, 3.05) is 0 Å². The third-order valence-corrected chi connectivity index (χ3v) is 3.06. The van der Waals surface area contributed by atoms with Gasteiger partial charge in [0.15, 0.2) is 0 Å². The first-order valence-corrected chi connectivity index (χ1v) is 5.27. The Bertz CT molecular complexity index is 286. The zero-order valence-corrected chi connectivity index (χ0v) is 8.82. The van der Waals surface area contributed by atoms with Gasteiger partial charge in [-0.05, 0) is 24.8 Å². The Labute approximate surface area is 83.2 Å². The predicted molar refractivity (Wildman–Crippen MR) is 55.5 cm³/mol. The number of nitrogens with zero attached hydrogens (tertiary/aromatic N) is 1. The van der Waals surface area contributed by atoms with Crippen LogP contribution in [0.4, 0.5) is 0 Å². The maximum atomic E-state index is 8.90. The Hall–Kier alpha value is -0.850. The highest BCUT2D eigenvalue weighted by Crippen LogP contribution is 2.12. The summed E-state index contributed by atoms with van der Waals surface area (Å²) >= 11 is 1.71. The highest BCUT2D eigenvalue weighted by molar-refractivity contribution is 7.09. The van der Waals surface area contributed by atoms with Gasteiger partial charge in [-0.3, -0.25) is 5.32 Å². The van der Waals surface area contributed by atoms with Crippen molar-refractivity contribution < 1.29 is 0 Å². The summed E-state index contributed by atoms with van der Waals surface area (Å²) < 4.78 is 0. The Morgan fingerprint density at radius 2 is 2.46 bits per heavy atom. The molecule has 0 saturated heterocycles. The first-order chi connectivity index (χ1) is 6.20. The second-order valence-electron chi connectivity index (χ2n) is 3.23. The van der Waals surface area contributed by atoms with Gasteiger partial charge in [-0.2, -0.15) is 5.26 Å². The fourth-order valence-corrected chi connectivity index (χ4v) is 1.58. The lowest BCUT2D eigenvalue weighted by molar-refractivity contribution is 0.434. The molecule has 0 aliphatic heterocycles. The summed E-state index contributed by atoms with van der Waals surface area (Å²) in [5.74, 6) is 0. The summed E-state index contributed by atoms with van der Waals surface area (Å²) in [5.41, 5.74) is -0.385. The van der Waals surface area contributed by atoms with E-state index in [0.717, 1.165) is 13.0 Å². The fourth-order valence-electron chi connectivity index (χ4n) is 0.939. The van der Waals surface area contributed by atoms with Crippen molar-refractivity contribution in [2.45, 2.75) is 32.4 Å². The Balaban J connectivity index is 2.47. The number of thiophene rings is 1. The van der Waals surface area contributed by atoms with E-state index >= 15 is 0 Å². The molecule has 1 rings (SSSR count). The van der Waals surface area contributed by atoms with Crippen LogP contribution in [0, 0.1) is 11.3 Å². The molecule has 0 aliphatic carbocycles. The summed E-state index contributed by atoms with van der Waals surface area (Å²) in [6.07, 6.45) is 0.828. The number of nitrogens with one attached hydrogen (secondary N) is 1. The van der Waals surface area contributed by atoms with Gasteiger partial charge in [-0.15, -0.1) is 11.3 Å². The van der Waals surface area contributed by atoms with Crippen LogP contribution >= 0.6 is 11.3 Å². The molecule has 0 aromatic carbocycles. The van der Waals surface area contributed by atoms with Crippen LogP contribution in [0.3, 0.4) is 0 Å². The molecule has 1 heterocycles. The van der Waals surface area contributed by atoms with E-state index in [-0.39, 0.29) is 5.54 Å². The van der Waals surface area contributed by atoms with Crippen LogP contribution in [-0.4, -0.2) is 5.54 Å². The molecule has 1 unspecified atom stereocenters. The number of nitriles is 1. The molecule has 2 nitrogen and oxygen atoms in total. The summed E-state index contributed by atoms with van der Waals surface area (Å²) in [6, 6.07) is 6.38. The molecule has 0 radical (unpaired) electrons. The number of hydrogen-bond donors (Lipinski definition) is 1. The van der Waals surface area contributed by atoms with Crippen LogP contribution in [0.5, 0.6) is 0 Å². The second kappa shape index (κ2) is 4.40. The molecular weight excluding hydrogens is 180 g/mol. The van der Waals surface area contributed by atoms with Gasteiger partial charge < -0.3 is 0 Å². The van der Waals surface area contributed by atoms with Gasteiger partial charge in [0.2, 0.25) is 0 Å². The van der Waals surface area contributed by atoms with Crippen LogP contribution in [0.1, 0.15) is 25.1 Å². The molecule has 0 saturated carbocycles. The molecule has 0 aliphatic rings. The standard InChI is InChI=1S/C10H14N2S/c1-3-10(2,8-11)12-7-9-5-4-6-13-9/h4-6,12H,3,7H2,1-2H3. The normalized spacial score (nSPS) is 14.8. The summed E-state index contributed by atoms with van der Waals surface area (Å²) in [4.78, 5) is 1.27. The molecule has 0 fully saturated rings. The van der Waals surface area contributed by atoms with E-state index in [1.54, 1.807) is 11.3 Å². The van der Waals surface area contributed by atoms with Crippen molar-refractivity contribution in [3.05, 3.63) is 22.4 Å². The van der Waals surface area contributed by atoms with E-state index in [9.17, 15) is 0 Å². The molecule has 0 spiro atoms. The molecule has 1 aromatic heterocycles. The quantitative estimate of drug-likeness (QED) is 0.799. The van der Waals surface area contributed by atoms with Crippen molar-refractivity contribution in [3.63, 3.8) is 0 Å². The zero-order chi connectivity index (χ0) is 9.73. The summed E-state index contributed by atoms with van der Waals surface area (Å²) in [5, 5.41) is 14.2. The van der Waals surface area contributed by atoms with E-state index in [1.807, 2.05) is 25.3 Å². The van der Waals surface area contributed by atoms with Crippen molar-refractivity contribution in [3.8, 4) is 6.07 Å². The van der Waals surface area contributed by atoms with Crippen LogP contribution in [0.2, 0.25) is 0 Å². The van der Waals surface area contributed by atoms with Crippen LogP contribution in [0.15, 0.2) is 17.5 Å². The molecule has 70 valence electrons. The lowest BCUT2D eigenvalue weighted by Gasteiger charge is -2.20. The molecule has 3 heteroatoms. The van der Waals surface area contributed by atoms with Crippen molar-refractivity contribution >= 4 is 11.3 Å². The van der Waals surface area contributed by atoms with Gasteiger partial charge in [-0.1, -0.05) is 13.0 Å². The van der Waals surface area contributed by atoms with Gasteiger partial charge in [0.1, 0.15) is 5.54 Å². The minimum absolute atomic E-state index is 0.385. The Kier molecular flexibility index (Phi) is 3.47. The van der Waals surface area contributed by atoms with Crippen molar-refractivity contribution in [2.24, 2.45) is 0 Å². The fraction of sp³-hybridized carbons (Fsp3) is 0.500. The zero-order valence-electron chi connectivity index (χ0n) is 8.00. The maximum Gasteiger partial charge on any atom is 0.103 e. The highest BCUT2D eigenvalue weighted by atomic mass is 32.1. The van der Waals surface area contributed by atoms with Crippen molar-refractivity contribution in [1.82, 2.24) is 5.32 Å². The lowest BCUT2D eigenvalue weighted by atomic mass is 10.0. The van der Waals surface area contributed by atoms with E-state index < -0.39 is 0 Å². The molecule has 0 bridgehead atoms. The third-order valence-electron chi connectivity index (χ3n) is 2.19. The van der Waals surface area contributed by atoms with Gasteiger partial charge >= 0.3 is 0 Å². The predicted octanol–water partition coefficient (Wildman–Crippen LogP) is 2.53. The smallest absolute Gasteiger partial charge is 0.103 e. The minimum Gasteiger partial charge on any atom is -0.295 e. The topological polar surface area (TPSA) is 35.8 Å². The molecule has 1 aromatic rings. The Morgan fingerprint density at radius 1 is 1.69 bits per heavy atom. The molecule has 1 atom stereocenters. The van der Waals surface area contributed by atoms with Gasteiger partial charge in [0.25, 0.3) is 0 Å². The van der Waals surface area contributed by atoms with Crippen molar-refractivity contribution in [1.29, 1.82) is 5.26 Å². The van der Waals surface area contributed by atoms with E-state index in [4.69, 9.17) is 5.26 Å². The van der Waals surface area contributed by atoms with E-state index in [2.05, 4.69) is 17.5 Å². The Morgan fingerprint density at radius 3 is 2.92 bits per heavy atom. The highest BCUT2D eigenvalue weighted by Gasteiger charge is 2.19. The van der Waals surface area contributed by atoms with Crippen LogP contribution in [0.25, 0.3) is 0 Å². The monoisotopic (exact) mass is 194 g/mol. The number of hydrogen-bond acceptors (Lipinski definition) is 3. The average Bonchev–Trinajstić information content (AvgIpc) is 2.67. The largest absolute Gasteiger partial charge is 0.295 e. The minimum atomic E-state index is -0.385. The van der Waals surface area contributed by atoms with Gasteiger partial charge in [-0.25, -0.2) is 0 Å². The van der Waals surface area contributed by atoms with Crippen LogP contribution in [-0.2, 0) is 6.54 Å². The average molecular weight is 194 g/mol. The second-order valence-corrected chi connectivity index (χ2v) is 4.26.